The van der Waals surface area contributed by atoms with E-state index in [-0.39, 0.29) is 0 Å². The summed E-state index contributed by atoms with van der Waals surface area (Å²) in [6, 6.07) is 25.3. The molecule has 0 amide bonds. The van der Waals surface area contributed by atoms with Crippen molar-refractivity contribution in [1.82, 2.24) is 0 Å². The van der Waals surface area contributed by atoms with Crippen LogP contribution in [0.4, 0.5) is 0 Å². The molecular weight excluding hydrogens is 324 g/mol. The molecule has 0 atom stereocenters. The van der Waals surface area contributed by atoms with E-state index in [4.69, 9.17) is 9.47 Å². The predicted octanol–water partition coefficient (Wildman–Crippen LogP) is 3.67. The fourth-order valence-corrected chi connectivity index (χ4v) is 4.82. The van der Waals surface area contributed by atoms with Gasteiger partial charge in [-0.05, 0) is 44.1 Å². The molecule has 0 aliphatic heterocycles. The van der Waals surface area contributed by atoms with E-state index in [9.17, 15) is 0 Å². The third-order valence-electron chi connectivity index (χ3n) is 4.47. The van der Waals surface area contributed by atoms with Gasteiger partial charge >= 0.3 is 0 Å². The molecule has 0 saturated carbocycles. The van der Waals surface area contributed by atoms with Gasteiger partial charge in [-0.2, -0.15) is 0 Å². The molecule has 0 saturated heterocycles. The van der Waals surface area contributed by atoms with Gasteiger partial charge in [0.1, 0.15) is 21.0 Å². The Morgan fingerprint density at radius 1 is 0.560 bits per heavy atom. The van der Waals surface area contributed by atoms with Crippen LogP contribution in [0.3, 0.4) is 0 Å². The van der Waals surface area contributed by atoms with Crippen molar-refractivity contribution < 1.29 is 9.47 Å². The van der Waals surface area contributed by atoms with Gasteiger partial charge in [-0.25, -0.2) is 0 Å². The first kappa shape index (κ1) is 15.7. The minimum absolute atomic E-state index is 0.446. The van der Waals surface area contributed by atoms with Gasteiger partial charge in [-0.1, -0.05) is 60.7 Å². The normalized spacial score (nSPS) is 11.0. The number of methoxy groups -OCH3 is 2. The summed E-state index contributed by atoms with van der Waals surface area (Å²) < 4.78 is 11.4. The third-order valence-corrected chi connectivity index (χ3v) is 6.00. The fraction of sp³-hybridized carbons (Fsp3) is 0.0909. The lowest BCUT2D eigenvalue weighted by Gasteiger charge is -2.15. The zero-order valence-corrected chi connectivity index (χ0v) is 15.2. The Morgan fingerprint density at radius 2 is 1.00 bits per heavy atom. The van der Waals surface area contributed by atoms with Crippen LogP contribution in [0, 0.1) is 0 Å². The van der Waals surface area contributed by atoms with Crippen molar-refractivity contribution in [2.75, 3.05) is 14.2 Å². The average molecular weight is 342 g/mol. The molecule has 4 aromatic carbocycles. The second-order valence-electron chi connectivity index (χ2n) is 5.85. The number of fused-ring (bicyclic) bond motifs is 2. The van der Waals surface area contributed by atoms with E-state index < -0.39 is 0 Å². The van der Waals surface area contributed by atoms with E-state index in [1.54, 1.807) is 14.2 Å². The Labute approximate surface area is 149 Å². The lowest BCUT2D eigenvalue weighted by atomic mass is 10.1. The highest BCUT2D eigenvalue weighted by Gasteiger charge is 2.15. The fourth-order valence-electron chi connectivity index (χ4n) is 3.23. The summed E-state index contributed by atoms with van der Waals surface area (Å²) in [4.78, 5) is 0. The lowest BCUT2D eigenvalue weighted by Crippen LogP contribution is -2.30. The van der Waals surface area contributed by atoms with Crippen LogP contribution in [0.1, 0.15) is 0 Å². The summed E-state index contributed by atoms with van der Waals surface area (Å²) >= 11 is 0. The van der Waals surface area contributed by atoms with Crippen LogP contribution in [0.15, 0.2) is 72.8 Å². The van der Waals surface area contributed by atoms with Crippen LogP contribution in [0.2, 0.25) is 0 Å². The van der Waals surface area contributed by atoms with Crippen molar-refractivity contribution in [3.63, 3.8) is 0 Å². The highest BCUT2D eigenvalue weighted by atomic mass is 28.2. The molecule has 4 aromatic rings. The van der Waals surface area contributed by atoms with Crippen molar-refractivity contribution in [3.05, 3.63) is 72.8 Å². The average Bonchev–Trinajstić information content (AvgIpc) is 2.68. The maximum absolute atomic E-state index is 5.68. The van der Waals surface area contributed by atoms with Crippen LogP contribution in [-0.4, -0.2) is 23.7 Å². The standard InChI is InChI=1S/C22H18O2Si/c1-23-19-13-11-15-7-3-5-9-17(15)21(19)25-22-18-10-6-4-8-16(18)12-14-20(22)24-2/h3-14H,1-2H3. The molecule has 3 heteroatoms. The van der Waals surface area contributed by atoms with Crippen molar-refractivity contribution in [2.45, 2.75) is 0 Å². The Balaban J connectivity index is 1.97. The monoisotopic (exact) mass is 342 g/mol. The maximum Gasteiger partial charge on any atom is 0.133 e. The SMILES string of the molecule is COc1ccc2ccccc2c1[Si]c1c(OC)ccc2ccccc12. The minimum Gasteiger partial charge on any atom is -0.497 e. The Bertz CT molecular complexity index is 971. The molecule has 2 radical (unpaired) electrons. The number of hydrogen-bond donors (Lipinski definition) is 0. The van der Waals surface area contributed by atoms with Gasteiger partial charge in [-0.3, -0.25) is 0 Å². The van der Waals surface area contributed by atoms with E-state index in [1.165, 1.54) is 31.9 Å². The van der Waals surface area contributed by atoms with Crippen LogP contribution in [0.5, 0.6) is 11.5 Å². The zero-order chi connectivity index (χ0) is 17.2. The summed E-state index contributed by atoms with van der Waals surface area (Å²) in [6.07, 6.45) is 0. The third kappa shape index (κ3) is 2.77. The number of hydrogen-bond acceptors (Lipinski definition) is 2. The van der Waals surface area contributed by atoms with Crippen LogP contribution in [-0.2, 0) is 0 Å². The van der Waals surface area contributed by atoms with Crippen molar-refractivity contribution >= 4 is 41.4 Å². The molecule has 0 heterocycles. The molecule has 2 nitrogen and oxygen atoms in total. The van der Waals surface area contributed by atoms with Crippen LogP contribution < -0.4 is 19.8 Å². The summed E-state index contributed by atoms with van der Waals surface area (Å²) in [5, 5.41) is 7.35. The molecule has 0 aliphatic rings. The molecular formula is C22H18O2Si. The van der Waals surface area contributed by atoms with Gasteiger partial charge in [0, 0.05) is 0 Å². The number of ether oxygens (including phenoxy) is 2. The van der Waals surface area contributed by atoms with Crippen molar-refractivity contribution in [2.24, 2.45) is 0 Å². The first-order valence-electron chi connectivity index (χ1n) is 8.20. The quantitative estimate of drug-likeness (QED) is 0.527. The van der Waals surface area contributed by atoms with E-state index in [0.717, 1.165) is 11.5 Å². The molecule has 0 fully saturated rings. The highest BCUT2D eigenvalue weighted by molar-refractivity contribution is 6.73. The molecule has 0 aromatic heterocycles. The van der Waals surface area contributed by atoms with Gasteiger partial charge in [0.05, 0.1) is 14.2 Å². The first-order valence-corrected chi connectivity index (χ1v) is 9.20. The molecule has 0 unspecified atom stereocenters. The summed E-state index contributed by atoms with van der Waals surface area (Å²) in [5.74, 6) is 1.85. The van der Waals surface area contributed by atoms with E-state index >= 15 is 0 Å². The summed E-state index contributed by atoms with van der Waals surface area (Å²) in [5.41, 5.74) is 0. The maximum atomic E-state index is 5.68. The first-order chi connectivity index (χ1) is 12.3. The second-order valence-corrected chi connectivity index (χ2v) is 7.10. The predicted molar refractivity (Wildman–Crippen MR) is 106 cm³/mol. The Hall–Kier alpha value is -2.78. The van der Waals surface area contributed by atoms with E-state index in [1.807, 2.05) is 0 Å². The smallest absolute Gasteiger partial charge is 0.133 e. The topological polar surface area (TPSA) is 18.5 Å². The number of rotatable bonds is 4. The van der Waals surface area contributed by atoms with Gasteiger partial charge in [0.15, 0.2) is 0 Å². The molecule has 0 N–H and O–H groups in total. The molecule has 25 heavy (non-hydrogen) atoms. The van der Waals surface area contributed by atoms with Crippen LogP contribution in [0.25, 0.3) is 21.5 Å². The second kappa shape index (κ2) is 6.61. The Morgan fingerprint density at radius 3 is 1.44 bits per heavy atom. The minimum atomic E-state index is 0.446. The summed E-state index contributed by atoms with van der Waals surface area (Å²) in [7, 11) is 3.91. The van der Waals surface area contributed by atoms with E-state index in [2.05, 4.69) is 72.8 Å². The largest absolute Gasteiger partial charge is 0.497 e. The van der Waals surface area contributed by atoms with Crippen molar-refractivity contribution in [3.8, 4) is 11.5 Å². The molecule has 0 aliphatic carbocycles. The molecule has 4 rings (SSSR count). The highest BCUT2D eigenvalue weighted by Crippen LogP contribution is 2.21. The molecule has 0 bridgehead atoms. The summed E-state index contributed by atoms with van der Waals surface area (Å²) in [6.45, 7) is 0. The van der Waals surface area contributed by atoms with Crippen molar-refractivity contribution in [1.29, 1.82) is 0 Å². The van der Waals surface area contributed by atoms with Gasteiger partial charge < -0.3 is 9.47 Å². The molecule has 0 spiro atoms. The Kier molecular flexibility index (Phi) is 4.16. The van der Waals surface area contributed by atoms with Gasteiger partial charge in [0.25, 0.3) is 0 Å². The van der Waals surface area contributed by atoms with E-state index in [0.29, 0.717) is 9.52 Å². The zero-order valence-electron chi connectivity index (χ0n) is 14.2. The molecule has 122 valence electrons. The lowest BCUT2D eigenvalue weighted by molar-refractivity contribution is 0.417. The van der Waals surface area contributed by atoms with Gasteiger partial charge in [0.2, 0.25) is 0 Å². The number of benzene rings is 4. The van der Waals surface area contributed by atoms with Gasteiger partial charge in [-0.15, -0.1) is 0 Å². The van der Waals surface area contributed by atoms with Crippen LogP contribution >= 0.6 is 0 Å².